The normalized spacial score (nSPS) is 10.9. The van der Waals surface area contributed by atoms with Crippen LogP contribution in [-0.4, -0.2) is 15.1 Å². The fourth-order valence-corrected chi connectivity index (χ4v) is 2.59. The van der Waals surface area contributed by atoms with Crippen molar-refractivity contribution in [3.05, 3.63) is 51.6 Å². The minimum atomic E-state index is 0.426. The molecule has 0 saturated carbocycles. The first-order valence-corrected chi connectivity index (χ1v) is 7.15. The summed E-state index contributed by atoms with van der Waals surface area (Å²) >= 11 is 1.50. The molecule has 1 aromatic carbocycles. The Kier molecular flexibility index (Phi) is 3.58. The quantitative estimate of drug-likeness (QED) is 0.797. The minimum absolute atomic E-state index is 0.426. The molecule has 0 spiro atoms. The lowest BCUT2D eigenvalue weighted by Crippen LogP contribution is -1.94. The van der Waals surface area contributed by atoms with Gasteiger partial charge in [-0.15, -0.1) is 11.3 Å². The van der Waals surface area contributed by atoms with E-state index in [4.69, 9.17) is 10.3 Å². The molecule has 0 aliphatic rings. The third-order valence-electron chi connectivity index (χ3n) is 2.86. The van der Waals surface area contributed by atoms with Gasteiger partial charge in [0.2, 0.25) is 0 Å². The van der Waals surface area contributed by atoms with Crippen molar-refractivity contribution in [3.63, 3.8) is 0 Å². The molecule has 0 fully saturated rings. The molecule has 20 heavy (non-hydrogen) atoms. The fourth-order valence-electron chi connectivity index (χ4n) is 1.94. The molecule has 0 bridgehead atoms. The van der Waals surface area contributed by atoms with Gasteiger partial charge in [-0.05, 0) is 12.5 Å². The fraction of sp³-hybridized carbons (Fsp3) is 0.214. The van der Waals surface area contributed by atoms with E-state index in [1.165, 1.54) is 22.5 Å². The van der Waals surface area contributed by atoms with Gasteiger partial charge in [-0.1, -0.05) is 35.0 Å². The number of aromatic nitrogens is 3. The standard InChI is InChI=1S/C14H14N4OS/c1-9-3-2-4-10(5-9)6-12-17-14(19-18-12)11-8-20-13(7-15)16-11/h2-5,8H,6-7,15H2,1H3. The predicted octanol–water partition coefficient (Wildman–Crippen LogP) is 2.55. The van der Waals surface area contributed by atoms with Gasteiger partial charge in [-0.2, -0.15) is 4.98 Å². The van der Waals surface area contributed by atoms with Crippen LogP contribution in [0.1, 0.15) is 22.0 Å². The highest BCUT2D eigenvalue weighted by Crippen LogP contribution is 2.20. The van der Waals surface area contributed by atoms with Gasteiger partial charge in [0.15, 0.2) is 5.82 Å². The van der Waals surface area contributed by atoms with Crippen LogP contribution in [0.2, 0.25) is 0 Å². The van der Waals surface area contributed by atoms with Gasteiger partial charge in [-0.25, -0.2) is 4.98 Å². The molecule has 6 heteroatoms. The summed E-state index contributed by atoms with van der Waals surface area (Å²) < 4.78 is 5.25. The molecule has 0 saturated heterocycles. The highest BCUT2D eigenvalue weighted by molar-refractivity contribution is 7.09. The minimum Gasteiger partial charge on any atom is -0.332 e. The van der Waals surface area contributed by atoms with Crippen molar-refractivity contribution in [1.29, 1.82) is 0 Å². The Morgan fingerprint density at radius 3 is 2.95 bits per heavy atom. The van der Waals surface area contributed by atoms with Gasteiger partial charge in [0.25, 0.3) is 5.89 Å². The number of nitrogens with zero attached hydrogens (tertiary/aromatic N) is 3. The van der Waals surface area contributed by atoms with Crippen LogP contribution in [0.4, 0.5) is 0 Å². The van der Waals surface area contributed by atoms with E-state index in [2.05, 4.69) is 40.2 Å². The Hall–Kier alpha value is -2.05. The molecule has 2 heterocycles. The number of thiazole rings is 1. The Balaban J connectivity index is 1.80. The smallest absolute Gasteiger partial charge is 0.277 e. The second-order valence-electron chi connectivity index (χ2n) is 4.51. The largest absolute Gasteiger partial charge is 0.332 e. The summed E-state index contributed by atoms with van der Waals surface area (Å²) in [7, 11) is 0. The first-order chi connectivity index (χ1) is 9.74. The third kappa shape index (κ3) is 2.76. The maximum Gasteiger partial charge on any atom is 0.277 e. The number of nitrogens with two attached hydrogens (primary N) is 1. The highest BCUT2D eigenvalue weighted by Gasteiger charge is 2.12. The molecular formula is C14H14N4OS. The van der Waals surface area contributed by atoms with Crippen molar-refractivity contribution >= 4 is 11.3 Å². The molecule has 5 nitrogen and oxygen atoms in total. The highest BCUT2D eigenvalue weighted by atomic mass is 32.1. The molecule has 3 rings (SSSR count). The Morgan fingerprint density at radius 2 is 2.20 bits per heavy atom. The van der Waals surface area contributed by atoms with E-state index in [-0.39, 0.29) is 0 Å². The summed E-state index contributed by atoms with van der Waals surface area (Å²) in [6.45, 7) is 2.49. The predicted molar refractivity (Wildman–Crippen MR) is 77.3 cm³/mol. The summed E-state index contributed by atoms with van der Waals surface area (Å²) in [5, 5.41) is 6.74. The number of hydrogen-bond donors (Lipinski definition) is 1. The average Bonchev–Trinajstić information content (AvgIpc) is 3.07. The van der Waals surface area contributed by atoms with Crippen molar-refractivity contribution in [2.45, 2.75) is 19.9 Å². The molecule has 3 aromatic rings. The summed E-state index contributed by atoms with van der Waals surface area (Å²) in [5.41, 5.74) is 8.62. The van der Waals surface area contributed by atoms with Crippen molar-refractivity contribution in [1.82, 2.24) is 15.1 Å². The van der Waals surface area contributed by atoms with E-state index >= 15 is 0 Å². The molecule has 0 atom stereocenters. The lowest BCUT2D eigenvalue weighted by atomic mass is 10.1. The Morgan fingerprint density at radius 1 is 1.30 bits per heavy atom. The third-order valence-corrected chi connectivity index (χ3v) is 3.73. The van der Waals surface area contributed by atoms with Crippen LogP contribution < -0.4 is 5.73 Å². The molecule has 102 valence electrons. The van der Waals surface area contributed by atoms with Gasteiger partial charge in [0, 0.05) is 18.3 Å². The van der Waals surface area contributed by atoms with Crippen LogP contribution in [0, 0.1) is 6.92 Å². The van der Waals surface area contributed by atoms with Gasteiger partial charge in [-0.3, -0.25) is 0 Å². The summed E-state index contributed by atoms with van der Waals surface area (Å²) in [6, 6.07) is 8.26. The van der Waals surface area contributed by atoms with E-state index < -0.39 is 0 Å². The molecule has 2 aromatic heterocycles. The topological polar surface area (TPSA) is 77.8 Å². The van der Waals surface area contributed by atoms with Crippen LogP contribution in [0.25, 0.3) is 11.6 Å². The lowest BCUT2D eigenvalue weighted by molar-refractivity contribution is 0.423. The van der Waals surface area contributed by atoms with E-state index in [1.807, 2.05) is 11.4 Å². The summed E-state index contributed by atoms with van der Waals surface area (Å²) in [5.74, 6) is 1.11. The first kappa shape index (κ1) is 13.0. The maximum absolute atomic E-state index is 5.54. The molecule has 0 radical (unpaired) electrons. The van der Waals surface area contributed by atoms with Crippen molar-refractivity contribution in [2.24, 2.45) is 5.73 Å². The number of hydrogen-bond acceptors (Lipinski definition) is 6. The maximum atomic E-state index is 5.54. The lowest BCUT2D eigenvalue weighted by Gasteiger charge is -1.97. The van der Waals surface area contributed by atoms with Crippen LogP contribution >= 0.6 is 11.3 Å². The van der Waals surface area contributed by atoms with Crippen molar-refractivity contribution < 1.29 is 4.52 Å². The SMILES string of the molecule is Cc1cccc(Cc2noc(-c3csc(CN)n3)n2)c1. The summed E-state index contributed by atoms with van der Waals surface area (Å²) in [6.07, 6.45) is 0.652. The number of aryl methyl sites for hydroxylation is 1. The van der Waals surface area contributed by atoms with Crippen LogP contribution in [-0.2, 0) is 13.0 Å². The molecule has 0 unspecified atom stereocenters. The second-order valence-corrected chi connectivity index (χ2v) is 5.45. The zero-order chi connectivity index (χ0) is 13.9. The monoisotopic (exact) mass is 286 g/mol. The van der Waals surface area contributed by atoms with E-state index in [9.17, 15) is 0 Å². The number of benzene rings is 1. The van der Waals surface area contributed by atoms with Crippen molar-refractivity contribution in [2.75, 3.05) is 0 Å². The van der Waals surface area contributed by atoms with E-state index in [1.54, 1.807) is 0 Å². The van der Waals surface area contributed by atoms with Gasteiger partial charge >= 0.3 is 0 Å². The second kappa shape index (κ2) is 5.52. The Bertz CT molecular complexity index is 719. The molecule has 0 aliphatic heterocycles. The van der Waals surface area contributed by atoms with E-state index in [0.29, 0.717) is 30.4 Å². The molecule has 0 amide bonds. The molecule has 2 N–H and O–H groups in total. The van der Waals surface area contributed by atoms with Gasteiger partial charge in [0.05, 0.1) is 0 Å². The van der Waals surface area contributed by atoms with Gasteiger partial charge < -0.3 is 10.3 Å². The molecule has 0 aliphatic carbocycles. The molecular weight excluding hydrogens is 272 g/mol. The van der Waals surface area contributed by atoms with Crippen molar-refractivity contribution in [3.8, 4) is 11.6 Å². The van der Waals surface area contributed by atoms with Gasteiger partial charge in [0.1, 0.15) is 10.7 Å². The first-order valence-electron chi connectivity index (χ1n) is 6.27. The van der Waals surface area contributed by atoms with Crippen LogP contribution in [0.5, 0.6) is 0 Å². The zero-order valence-corrected chi connectivity index (χ0v) is 11.9. The zero-order valence-electron chi connectivity index (χ0n) is 11.0. The van der Waals surface area contributed by atoms with E-state index in [0.717, 1.165) is 5.01 Å². The van der Waals surface area contributed by atoms with Crippen LogP contribution in [0.15, 0.2) is 34.2 Å². The van der Waals surface area contributed by atoms with Crippen LogP contribution in [0.3, 0.4) is 0 Å². The average molecular weight is 286 g/mol. The summed E-state index contributed by atoms with van der Waals surface area (Å²) in [4.78, 5) is 8.71. The Labute approximate surface area is 120 Å². The number of rotatable bonds is 4.